The van der Waals surface area contributed by atoms with Gasteiger partial charge in [-0.3, -0.25) is 4.98 Å². The third-order valence-corrected chi connectivity index (χ3v) is 6.07. The van der Waals surface area contributed by atoms with E-state index in [1.54, 1.807) is 12.4 Å². The maximum absolute atomic E-state index is 9.49. The van der Waals surface area contributed by atoms with Crippen molar-refractivity contribution in [2.45, 2.75) is 38.9 Å². The second kappa shape index (κ2) is 5.27. The molecule has 0 aliphatic carbocycles. The lowest BCUT2D eigenvalue weighted by Gasteiger charge is -2.30. The second-order valence-corrected chi connectivity index (χ2v) is 9.45. The molecule has 1 aromatic heterocycles. The van der Waals surface area contributed by atoms with Crippen molar-refractivity contribution in [1.82, 2.24) is 4.98 Å². The van der Waals surface area contributed by atoms with Crippen LogP contribution in [0.1, 0.15) is 20.8 Å². The van der Waals surface area contributed by atoms with Crippen molar-refractivity contribution in [3.63, 3.8) is 0 Å². The van der Waals surface area contributed by atoms with Gasteiger partial charge in [0.1, 0.15) is 0 Å². The largest absolute Gasteiger partial charge is 0.432 e. The van der Waals surface area contributed by atoms with E-state index >= 15 is 0 Å². The van der Waals surface area contributed by atoms with Gasteiger partial charge >= 0.3 is 0 Å². The van der Waals surface area contributed by atoms with Crippen molar-refractivity contribution in [1.29, 1.82) is 0 Å². The van der Waals surface area contributed by atoms with Crippen LogP contribution in [-0.4, -0.2) is 18.1 Å². The summed E-state index contributed by atoms with van der Waals surface area (Å²) in [6.07, 6.45) is 3.50. The fraction of sp³-hybridized carbons (Fsp3) is 0.545. The standard InChI is InChI=1S/C6H16OSi.C5H5N/c1-6(2,3)8(4,5)7;1-2-4-6-5-3-1/h7H,1-5H3;1-5H. The Morgan fingerprint density at radius 2 is 1.36 bits per heavy atom. The summed E-state index contributed by atoms with van der Waals surface area (Å²) in [7, 11) is -1.86. The van der Waals surface area contributed by atoms with Gasteiger partial charge in [0.2, 0.25) is 0 Å². The molecule has 0 aliphatic heterocycles. The number of hydrogen-bond donors (Lipinski definition) is 1. The molecule has 80 valence electrons. The van der Waals surface area contributed by atoms with E-state index in [9.17, 15) is 4.80 Å². The lowest BCUT2D eigenvalue weighted by molar-refractivity contribution is 0.487. The summed E-state index contributed by atoms with van der Waals surface area (Å²) in [6.45, 7) is 10.2. The lowest BCUT2D eigenvalue weighted by Crippen LogP contribution is -2.36. The van der Waals surface area contributed by atoms with Gasteiger partial charge in [0.15, 0.2) is 8.32 Å². The molecule has 1 aromatic rings. The number of pyridine rings is 1. The average Bonchev–Trinajstić information content (AvgIpc) is 2.05. The number of rotatable bonds is 0. The number of nitrogens with zero attached hydrogens (tertiary/aromatic N) is 1. The van der Waals surface area contributed by atoms with Gasteiger partial charge in [0.25, 0.3) is 0 Å². The number of aromatic nitrogens is 1. The third kappa shape index (κ3) is 5.88. The van der Waals surface area contributed by atoms with Gasteiger partial charge in [0, 0.05) is 12.4 Å². The molecule has 0 saturated carbocycles. The Kier molecular flexibility index (Phi) is 5.01. The summed E-state index contributed by atoms with van der Waals surface area (Å²) in [6, 6.07) is 5.72. The van der Waals surface area contributed by atoms with E-state index in [0.717, 1.165) is 0 Å². The molecular weight excluding hydrogens is 190 g/mol. The average molecular weight is 211 g/mol. The minimum Gasteiger partial charge on any atom is -0.432 e. The first kappa shape index (κ1) is 13.3. The first-order valence-corrected chi connectivity index (χ1v) is 7.77. The molecule has 0 fully saturated rings. The monoisotopic (exact) mass is 211 g/mol. The molecule has 2 nitrogen and oxygen atoms in total. The van der Waals surface area contributed by atoms with E-state index in [2.05, 4.69) is 25.8 Å². The van der Waals surface area contributed by atoms with Crippen molar-refractivity contribution in [3.8, 4) is 0 Å². The molecular formula is C11H21NOSi. The van der Waals surface area contributed by atoms with Crippen LogP contribution in [0.3, 0.4) is 0 Å². The van der Waals surface area contributed by atoms with Crippen molar-refractivity contribution in [3.05, 3.63) is 30.6 Å². The molecule has 1 N–H and O–H groups in total. The molecule has 0 aliphatic rings. The van der Waals surface area contributed by atoms with Crippen LogP contribution < -0.4 is 0 Å². The van der Waals surface area contributed by atoms with E-state index in [0.29, 0.717) is 0 Å². The summed E-state index contributed by atoms with van der Waals surface area (Å²) in [5.41, 5.74) is 0. The van der Waals surface area contributed by atoms with Crippen molar-refractivity contribution < 1.29 is 4.80 Å². The highest BCUT2D eigenvalue weighted by molar-refractivity contribution is 6.72. The SMILES string of the molecule is CC(C)(C)[Si](C)(C)O.c1ccncc1. The van der Waals surface area contributed by atoms with Gasteiger partial charge in [-0.2, -0.15) is 0 Å². The quantitative estimate of drug-likeness (QED) is 0.669. The van der Waals surface area contributed by atoms with Crippen LogP contribution in [0, 0.1) is 0 Å². The zero-order valence-electron chi connectivity index (χ0n) is 9.78. The second-order valence-electron chi connectivity index (χ2n) is 4.83. The Morgan fingerprint density at radius 1 is 1.00 bits per heavy atom. The summed E-state index contributed by atoms with van der Waals surface area (Å²) in [5.74, 6) is 0. The maximum Gasteiger partial charge on any atom is 0.187 e. The van der Waals surface area contributed by atoms with Crippen molar-refractivity contribution >= 4 is 8.32 Å². The van der Waals surface area contributed by atoms with E-state index < -0.39 is 8.32 Å². The van der Waals surface area contributed by atoms with Gasteiger partial charge in [-0.05, 0) is 30.3 Å². The first-order chi connectivity index (χ1) is 6.25. The molecule has 0 amide bonds. The van der Waals surface area contributed by atoms with Crippen LogP contribution in [0.4, 0.5) is 0 Å². The molecule has 0 unspecified atom stereocenters. The highest BCUT2D eigenvalue weighted by atomic mass is 28.4. The van der Waals surface area contributed by atoms with Crippen LogP contribution in [0.15, 0.2) is 30.6 Å². The van der Waals surface area contributed by atoms with E-state index in [-0.39, 0.29) is 5.04 Å². The fourth-order valence-corrected chi connectivity index (χ4v) is 0.313. The fourth-order valence-electron chi connectivity index (χ4n) is 0.313. The van der Waals surface area contributed by atoms with Crippen molar-refractivity contribution in [2.75, 3.05) is 0 Å². The third-order valence-electron chi connectivity index (χ3n) is 2.40. The minimum absolute atomic E-state index is 0.132. The Morgan fingerprint density at radius 3 is 1.43 bits per heavy atom. The summed E-state index contributed by atoms with van der Waals surface area (Å²) < 4.78 is 0. The van der Waals surface area contributed by atoms with Gasteiger partial charge in [-0.1, -0.05) is 26.8 Å². The van der Waals surface area contributed by atoms with E-state index in [1.807, 2.05) is 31.3 Å². The Bertz CT molecular complexity index is 197. The zero-order valence-corrected chi connectivity index (χ0v) is 10.8. The first-order valence-electron chi connectivity index (χ1n) is 4.82. The van der Waals surface area contributed by atoms with Gasteiger partial charge in [-0.15, -0.1) is 0 Å². The molecule has 0 saturated heterocycles. The van der Waals surface area contributed by atoms with Gasteiger partial charge < -0.3 is 4.80 Å². The molecule has 1 heterocycles. The topological polar surface area (TPSA) is 33.1 Å². The smallest absolute Gasteiger partial charge is 0.187 e. The maximum atomic E-state index is 9.49. The molecule has 0 atom stereocenters. The highest BCUT2D eigenvalue weighted by Gasteiger charge is 2.32. The van der Waals surface area contributed by atoms with Crippen LogP contribution in [0.5, 0.6) is 0 Å². The molecule has 0 aromatic carbocycles. The Labute approximate surface area is 88.1 Å². The summed E-state index contributed by atoms with van der Waals surface area (Å²) in [5, 5.41) is 0.132. The zero-order chi connectivity index (χ0) is 11.2. The van der Waals surface area contributed by atoms with Crippen LogP contribution >= 0.6 is 0 Å². The molecule has 14 heavy (non-hydrogen) atoms. The normalized spacial score (nSPS) is 11.6. The van der Waals surface area contributed by atoms with Crippen molar-refractivity contribution in [2.24, 2.45) is 0 Å². The van der Waals surface area contributed by atoms with Crippen LogP contribution in [0.25, 0.3) is 0 Å². The van der Waals surface area contributed by atoms with Gasteiger partial charge in [-0.25, -0.2) is 0 Å². The summed E-state index contributed by atoms with van der Waals surface area (Å²) in [4.78, 5) is 13.3. The molecule has 3 heteroatoms. The predicted octanol–water partition coefficient (Wildman–Crippen LogP) is 3.07. The van der Waals surface area contributed by atoms with Crippen LogP contribution in [-0.2, 0) is 0 Å². The lowest BCUT2D eigenvalue weighted by atomic mass is 10.2. The Balaban J connectivity index is 0.000000249. The molecule has 0 bridgehead atoms. The van der Waals surface area contributed by atoms with E-state index in [1.165, 1.54) is 0 Å². The molecule has 0 spiro atoms. The summed E-state index contributed by atoms with van der Waals surface area (Å²) >= 11 is 0. The minimum atomic E-state index is -1.86. The highest BCUT2D eigenvalue weighted by Crippen LogP contribution is 2.33. The van der Waals surface area contributed by atoms with Crippen LogP contribution in [0.2, 0.25) is 18.1 Å². The predicted molar refractivity (Wildman–Crippen MR) is 63.7 cm³/mol. The molecule has 1 rings (SSSR count). The molecule has 0 radical (unpaired) electrons. The number of hydrogen-bond acceptors (Lipinski definition) is 2. The van der Waals surface area contributed by atoms with E-state index in [4.69, 9.17) is 0 Å². The van der Waals surface area contributed by atoms with Gasteiger partial charge in [0.05, 0.1) is 0 Å². The Hall–Kier alpha value is -0.673.